The van der Waals surface area contributed by atoms with E-state index in [-0.39, 0.29) is 55.5 Å². The van der Waals surface area contributed by atoms with Crippen LogP contribution in [0, 0.1) is 41.5 Å². The Morgan fingerprint density at radius 2 is 1.20 bits per heavy atom. The Balaban J connectivity index is 1.23. The van der Waals surface area contributed by atoms with Gasteiger partial charge in [0, 0.05) is 26.2 Å². The number of rotatable bonds is 30. The number of piperazine rings is 1. The van der Waals surface area contributed by atoms with Crippen LogP contribution in [-0.4, -0.2) is 139 Å². The molecule has 29 heteroatoms. The van der Waals surface area contributed by atoms with Crippen molar-refractivity contribution < 1.29 is 78.9 Å². The molecule has 0 aliphatic carbocycles. The van der Waals surface area contributed by atoms with Crippen molar-refractivity contribution in [3.8, 4) is 11.5 Å². The Kier molecular flexibility index (Phi) is 26.2. The third-order valence-corrected chi connectivity index (χ3v) is 18.6. The summed E-state index contributed by atoms with van der Waals surface area (Å²) in [6.07, 6.45) is -2.68. The zero-order valence-electron chi connectivity index (χ0n) is 55.1. The monoisotopic (exact) mass is 1350 g/mol. The van der Waals surface area contributed by atoms with Crippen molar-refractivity contribution in [3.05, 3.63) is 153 Å². The van der Waals surface area contributed by atoms with Crippen LogP contribution in [0.5, 0.6) is 11.5 Å². The number of guanidine groups is 1. The Bertz CT molecular complexity index is 3880. The molecule has 1 aliphatic heterocycles. The number of amides is 6. The van der Waals surface area contributed by atoms with Gasteiger partial charge in [-0.3, -0.25) is 38.6 Å². The van der Waals surface area contributed by atoms with Crippen molar-refractivity contribution >= 4 is 73.6 Å². The topological polar surface area (TPSA) is 377 Å². The van der Waals surface area contributed by atoms with Crippen LogP contribution >= 0.6 is 0 Å². The number of carbonyl (C=O) groups excluding carboxylic acids is 8. The molecule has 1 fully saturated rings. The van der Waals surface area contributed by atoms with Gasteiger partial charge in [-0.2, -0.15) is 0 Å². The van der Waals surface area contributed by atoms with Crippen LogP contribution in [0.1, 0.15) is 102 Å². The van der Waals surface area contributed by atoms with Gasteiger partial charge in [-0.1, -0.05) is 84.9 Å². The molecule has 0 spiro atoms. The second-order valence-corrected chi connectivity index (χ2v) is 27.0. The highest BCUT2D eigenvalue weighted by molar-refractivity contribution is 7.90. The third kappa shape index (κ3) is 21.5. The zero-order valence-corrected chi connectivity index (χ0v) is 56.7. The first-order chi connectivity index (χ1) is 44.8. The Morgan fingerprint density at radius 3 is 1.76 bits per heavy atom. The van der Waals surface area contributed by atoms with Crippen molar-refractivity contribution in [1.82, 2.24) is 40.9 Å². The van der Waals surface area contributed by atoms with Gasteiger partial charge in [0.1, 0.15) is 61.0 Å². The molecule has 6 rings (SSSR count). The normalized spacial score (nSPS) is 14.9. The molecule has 512 valence electrons. The number of nitrogens with two attached hydrogens (primary N) is 1. The van der Waals surface area contributed by atoms with E-state index >= 15 is 0 Å². The SMILES string of the molecule is COc1cc(C)c(S(=O)(=O)NCc2ccc(CN3C(=O)[C@H](CNC(=O)[C@H](CC(=O)OC(C)(C)C)NC(=O)OCc4ccccc4)NC(=O)[C@H]3CC(=O)N[C@@H](CCCN=C(N)NS(=O)(=O)c3c(C)cc(OC)c(C)c3C)C(=O)NCC(=O)OCc3ccccc3)cc2)c(C)c1C. The van der Waals surface area contributed by atoms with Crippen LogP contribution in [0.25, 0.3) is 0 Å². The van der Waals surface area contributed by atoms with Crippen LogP contribution < -0.4 is 51.2 Å². The number of sulfonamides is 2. The maximum Gasteiger partial charge on any atom is 0.408 e. The lowest BCUT2D eigenvalue weighted by Gasteiger charge is -2.39. The third-order valence-electron chi connectivity index (χ3n) is 15.3. The summed E-state index contributed by atoms with van der Waals surface area (Å²) in [7, 11) is -5.35. The lowest BCUT2D eigenvalue weighted by atomic mass is 10.0. The Labute approximate surface area is 553 Å². The number of nitrogens with zero attached hydrogens (tertiary/aromatic N) is 2. The quantitative estimate of drug-likeness (QED) is 0.0105. The number of alkyl carbamates (subject to hydrolysis) is 1. The van der Waals surface area contributed by atoms with E-state index in [4.69, 9.17) is 29.4 Å². The molecule has 95 heavy (non-hydrogen) atoms. The molecule has 1 saturated heterocycles. The van der Waals surface area contributed by atoms with E-state index in [1.54, 1.807) is 159 Å². The molecule has 0 radical (unpaired) electrons. The summed E-state index contributed by atoms with van der Waals surface area (Å²) in [5.41, 5.74) is 10.4. The van der Waals surface area contributed by atoms with Crippen molar-refractivity contribution in [2.45, 2.75) is 154 Å². The molecule has 6 amide bonds. The van der Waals surface area contributed by atoms with Crippen molar-refractivity contribution in [2.75, 3.05) is 33.9 Å². The smallest absolute Gasteiger partial charge is 0.408 e. The minimum atomic E-state index is -4.26. The molecule has 0 aromatic heterocycles. The van der Waals surface area contributed by atoms with E-state index in [0.29, 0.717) is 67.1 Å². The molecule has 0 saturated carbocycles. The number of benzene rings is 5. The number of ether oxygens (including phenoxy) is 5. The average molecular weight is 1350 g/mol. The van der Waals surface area contributed by atoms with E-state index < -0.39 is 129 Å². The van der Waals surface area contributed by atoms with Crippen LogP contribution in [0.4, 0.5) is 4.79 Å². The molecule has 0 unspecified atom stereocenters. The lowest BCUT2D eigenvalue weighted by Crippen LogP contribution is -2.66. The van der Waals surface area contributed by atoms with E-state index in [2.05, 4.69) is 41.0 Å². The number of esters is 2. The molecule has 5 aromatic rings. The fourth-order valence-corrected chi connectivity index (χ4v) is 13.4. The van der Waals surface area contributed by atoms with E-state index in [1.165, 1.54) is 14.2 Å². The summed E-state index contributed by atoms with van der Waals surface area (Å²) in [5.74, 6) is -5.54. The molecule has 27 nitrogen and oxygen atoms in total. The average Bonchev–Trinajstić information content (AvgIpc) is 0.799. The minimum absolute atomic E-state index is 0.0121. The van der Waals surface area contributed by atoms with Crippen LogP contribution in [0.3, 0.4) is 0 Å². The van der Waals surface area contributed by atoms with Crippen LogP contribution in [0.15, 0.2) is 112 Å². The lowest BCUT2D eigenvalue weighted by molar-refractivity contribution is -0.156. The molecule has 9 N–H and O–H groups in total. The van der Waals surface area contributed by atoms with Crippen molar-refractivity contribution in [1.29, 1.82) is 0 Å². The maximum absolute atomic E-state index is 14.8. The molecule has 5 aromatic carbocycles. The summed E-state index contributed by atoms with van der Waals surface area (Å²) < 4.78 is 86.5. The first kappa shape index (κ1) is 74.4. The molecule has 0 bridgehead atoms. The second kappa shape index (κ2) is 33.5. The number of carbonyl (C=O) groups is 8. The van der Waals surface area contributed by atoms with Crippen LogP contribution in [-0.2, 0) is 94.1 Å². The zero-order chi connectivity index (χ0) is 70.0. The minimum Gasteiger partial charge on any atom is -0.496 e. The first-order valence-electron chi connectivity index (χ1n) is 30.3. The number of aryl methyl sites for hydroxylation is 2. The van der Waals surface area contributed by atoms with E-state index in [0.717, 1.165) is 4.90 Å². The molecular formula is C66H84N10O17S2. The number of aliphatic imine (C=N–C) groups is 1. The predicted molar refractivity (Wildman–Crippen MR) is 350 cm³/mol. The Hall–Kier alpha value is -9.61. The summed E-state index contributed by atoms with van der Waals surface area (Å²) in [5, 5.41) is 12.5. The molecule has 1 aliphatic rings. The highest BCUT2D eigenvalue weighted by Crippen LogP contribution is 2.32. The second-order valence-electron chi connectivity index (χ2n) is 23.6. The highest BCUT2D eigenvalue weighted by atomic mass is 32.2. The van der Waals surface area contributed by atoms with Gasteiger partial charge in [-0.05, 0) is 143 Å². The van der Waals surface area contributed by atoms with Crippen molar-refractivity contribution in [3.63, 3.8) is 0 Å². The fourth-order valence-electron chi connectivity index (χ4n) is 10.3. The summed E-state index contributed by atoms with van der Waals surface area (Å²) in [6.45, 7) is 12.7. The van der Waals surface area contributed by atoms with E-state index in [9.17, 15) is 55.2 Å². The number of nitrogens with one attached hydrogen (secondary N) is 7. The van der Waals surface area contributed by atoms with Gasteiger partial charge in [0.15, 0.2) is 0 Å². The fraction of sp³-hybridized carbons (Fsp3) is 0.409. The summed E-state index contributed by atoms with van der Waals surface area (Å²) >= 11 is 0. The van der Waals surface area contributed by atoms with Gasteiger partial charge in [-0.25, -0.2) is 31.1 Å². The molecule has 1 heterocycles. The van der Waals surface area contributed by atoms with Gasteiger partial charge in [0.2, 0.25) is 45.5 Å². The summed E-state index contributed by atoms with van der Waals surface area (Å²) in [6, 6.07) is 20.9. The summed E-state index contributed by atoms with van der Waals surface area (Å²) in [4.78, 5) is 116. The first-order valence-corrected chi connectivity index (χ1v) is 33.3. The van der Waals surface area contributed by atoms with Crippen molar-refractivity contribution in [2.24, 2.45) is 10.7 Å². The molecular weight excluding hydrogens is 1270 g/mol. The number of methoxy groups -OCH3 is 2. The predicted octanol–water partition coefficient (Wildman–Crippen LogP) is 4.18. The van der Waals surface area contributed by atoms with Gasteiger partial charge in [-0.15, -0.1) is 0 Å². The van der Waals surface area contributed by atoms with Gasteiger partial charge in [0.25, 0.3) is 10.0 Å². The standard InChI is InChI=1S/C66H84N10O17S2/c1-39-29-53(89-10)41(3)43(5)58(39)94(85,86)71-33-45-24-26-46(27-25-45)36-76-52(62(82)73-51(63(76)83)34-69-61(81)50(31-56(78)93-66(7,8)9)74-65(84)92-38-48-21-16-13-17-22-48)32-55(77)72-49(60(80)70-35-57(79)91-37-47-19-14-12-15-20-47)23-18-28-68-64(67)75-95(87,88)59-40(2)30-54(90-11)42(4)44(59)6/h12-17,19-22,24-27,29-30,49-52,71H,18,23,28,31-38H2,1-11H3,(H,69,81)(H,70,80)(H,72,77)(H,73,82)(H,74,84)(H3,67,68,75)/t49-,50-,51-,52+/m0/s1. The largest absolute Gasteiger partial charge is 0.496 e. The van der Waals surface area contributed by atoms with Crippen LogP contribution in [0.2, 0.25) is 0 Å². The van der Waals surface area contributed by atoms with Gasteiger partial charge in [0.05, 0.1) is 36.9 Å². The number of hydrogen-bond acceptors (Lipinski definition) is 18. The maximum atomic E-state index is 14.8. The van der Waals surface area contributed by atoms with E-state index in [1.807, 2.05) is 0 Å². The van der Waals surface area contributed by atoms with Gasteiger partial charge >= 0.3 is 18.0 Å². The highest BCUT2D eigenvalue weighted by Gasteiger charge is 2.43. The Morgan fingerprint density at radius 1 is 0.663 bits per heavy atom. The van der Waals surface area contributed by atoms with Gasteiger partial charge < -0.3 is 60.9 Å². The number of hydrogen-bond donors (Lipinski definition) is 8. The molecule has 4 atom stereocenters.